The number of hydrogen-bond donors (Lipinski definition) is 1. The summed E-state index contributed by atoms with van der Waals surface area (Å²) in [5.74, 6) is 1.45. The van der Waals surface area contributed by atoms with Gasteiger partial charge < -0.3 is 10.2 Å². The van der Waals surface area contributed by atoms with Gasteiger partial charge in [-0.2, -0.15) is 5.26 Å². The van der Waals surface area contributed by atoms with Crippen molar-refractivity contribution in [2.24, 2.45) is 11.8 Å². The fourth-order valence-corrected chi connectivity index (χ4v) is 4.13. The van der Waals surface area contributed by atoms with Crippen molar-refractivity contribution in [3.63, 3.8) is 0 Å². The van der Waals surface area contributed by atoms with Gasteiger partial charge in [0.15, 0.2) is 0 Å². The Kier molecular flexibility index (Phi) is 5.37. The predicted molar refractivity (Wildman–Crippen MR) is 93.3 cm³/mol. The molecule has 2 aliphatic rings. The van der Waals surface area contributed by atoms with E-state index in [2.05, 4.69) is 22.4 Å². The highest BCUT2D eigenvalue weighted by atomic mass is 16.2. The molecular formula is C19H26N4O. The van der Waals surface area contributed by atoms with E-state index in [1.807, 2.05) is 23.1 Å². The fraction of sp³-hybridized carbons (Fsp3) is 0.579. The number of carbonyl (C=O) groups excluding carboxylic acids is 1. The van der Waals surface area contributed by atoms with Crippen molar-refractivity contribution in [1.82, 2.24) is 15.1 Å². The van der Waals surface area contributed by atoms with E-state index < -0.39 is 0 Å². The largest absolute Gasteiger partial charge is 0.341 e. The molecule has 0 bridgehead atoms. The summed E-state index contributed by atoms with van der Waals surface area (Å²) in [6, 6.07) is 10.2. The highest BCUT2D eigenvalue weighted by Crippen LogP contribution is 2.32. The highest BCUT2D eigenvalue weighted by molar-refractivity contribution is 5.73. The van der Waals surface area contributed by atoms with E-state index in [1.165, 1.54) is 6.42 Å². The number of nitrogens with zero attached hydrogens (tertiary/aromatic N) is 3. The maximum absolute atomic E-state index is 11.7. The van der Waals surface area contributed by atoms with Crippen LogP contribution < -0.4 is 5.32 Å². The molecule has 2 amide bonds. The molecule has 128 valence electrons. The minimum Gasteiger partial charge on any atom is -0.341 e. The van der Waals surface area contributed by atoms with Gasteiger partial charge in [-0.05, 0) is 49.3 Å². The van der Waals surface area contributed by atoms with Crippen LogP contribution in [0.4, 0.5) is 4.79 Å². The molecule has 0 spiro atoms. The van der Waals surface area contributed by atoms with Crippen LogP contribution in [0.1, 0.15) is 30.4 Å². The molecule has 5 nitrogen and oxygen atoms in total. The average molecular weight is 326 g/mol. The predicted octanol–water partition coefficient (Wildman–Crippen LogP) is 2.43. The van der Waals surface area contributed by atoms with Crippen LogP contribution in [0, 0.1) is 23.2 Å². The molecule has 0 radical (unpaired) electrons. The molecule has 2 aliphatic heterocycles. The van der Waals surface area contributed by atoms with Crippen molar-refractivity contribution in [2.75, 3.05) is 33.2 Å². The van der Waals surface area contributed by atoms with Crippen LogP contribution in [0.25, 0.3) is 0 Å². The Labute approximate surface area is 144 Å². The molecule has 1 atom stereocenters. The number of urea groups is 1. The molecule has 1 aromatic rings. The van der Waals surface area contributed by atoms with Crippen LogP contribution in [0.5, 0.6) is 0 Å². The molecule has 1 aromatic carbocycles. The van der Waals surface area contributed by atoms with Gasteiger partial charge in [0.1, 0.15) is 0 Å². The smallest absolute Gasteiger partial charge is 0.317 e. The minimum atomic E-state index is 0.0506. The zero-order valence-electron chi connectivity index (χ0n) is 14.4. The molecule has 0 saturated carbocycles. The summed E-state index contributed by atoms with van der Waals surface area (Å²) >= 11 is 0. The monoisotopic (exact) mass is 326 g/mol. The normalized spacial score (nSPS) is 22.3. The summed E-state index contributed by atoms with van der Waals surface area (Å²) in [6.07, 6.45) is 3.46. The lowest BCUT2D eigenvalue weighted by molar-refractivity contribution is 0.150. The van der Waals surface area contributed by atoms with Crippen LogP contribution >= 0.6 is 0 Å². The maximum atomic E-state index is 11.7. The number of carbonyl (C=O) groups is 1. The van der Waals surface area contributed by atoms with Gasteiger partial charge in [0.25, 0.3) is 0 Å². The van der Waals surface area contributed by atoms with Crippen molar-refractivity contribution in [1.29, 1.82) is 5.26 Å². The Hall–Kier alpha value is -2.06. The quantitative estimate of drug-likeness (QED) is 0.928. The molecule has 24 heavy (non-hydrogen) atoms. The second-order valence-electron chi connectivity index (χ2n) is 6.93. The Balaban J connectivity index is 1.51. The molecule has 1 N–H and O–H groups in total. The average Bonchev–Trinajstić information content (AvgIpc) is 3.10. The van der Waals surface area contributed by atoms with E-state index in [-0.39, 0.29) is 6.03 Å². The van der Waals surface area contributed by atoms with Gasteiger partial charge in [-0.15, -0.1) is 0 Å². The lowest BCUT2D eigenvalue weighted by Crippen LogP contribution is -2.44. The van der Waals surface area contributed by atoms with Gasteiger partial charge in [-0.1, -0.05) is 18.2 Å². The van der Waals surface area contributed by atoms with Gasteiger partial charge in [0.2, 0.25) is 0 Å². The molecule has 0 aromatic heterocycles. The van der Waals surface area contributed by atoms with E-state index in [0.29, 0.717) is 0 Å². The first-order valence-corrected chi connectivity index (χ1v) is 8.88. The number of rotatable bonds is 3. The summed E-state index contributed by atoms with van der Waals surface area (Å²) in [7, 11) is 1.70. The molecule has 2 saturated heterocycles. The summed E-state index contributed by atoms with van der Waals surface area (Å²) < 4.78 is 0. The maximum Gasteiger partial charge on any atom is 0.317 e. The van der Waals surface area contributed by atoms with E-state index in [4.69, 9.17) is 0 Å². The molecule has 3 rings (SSSR count). The Morgan fingerprint density at radius 1 is 1.21 bits per heavy atom. The van der Waals surface area contributed by atoms with Crippen molar-refractivity contribution in [3.8, 4) is 6.07 Å². The third kappa shape index (κ3) is 3.70. The third-order valence-electron chi connectivity index (χ3n) is 5.55. The molecule has 2 fully saturated rings. The van der Waals surface area contributed by atoms with Crippen LogP contribution in [-0.2, 0) is 6.54 Å². The third-order valence-corrected chi connectivity index (χ3v) is 5.55. The summed E-state index contributed by atoms with van der Waals surface area (Å²) in [6.45, 7) is 4.85. The van der Waals surface area contributed by atoms with Gasteiger partial charge in [0.05, 0.1) is 11.6 Å². The second-order valence-corrected chi connectivity index (χ2v) is 6.93. The first kappa shape index (κ1) is 16.8. The van der Waals surface area contributed by atoms with Crippen LogP contribution in [0.3, 0.4) is 0 Å². The number of hydrogen-bond acceptors (Lipinski definition) is 3. The van der Waals surface area contributed by atoms with E-state index >= 15 is 0 Å². The first-order valence-electron chi connectivity index (χ1n) is 8.88. The zero-order chi connectivity index (χ0) is 16.9. The van der Waals surface area contributed by atoms with Crippen molar-refractivity contribution in [3.05, 3.63) is 35.4 Å². The topological polar surface area (TPSA) is 59.4 Å². The van der Waals surface area contributed by atoms with Gasteiger partial charge in [-0.3, -0.25) is 4.90 Å². The molecular weight excluding hydrogens is 300 g/mol. The summed E-state index contributed by atoms with van der Waals surface area (Å²) in [5.41, 5.74) is 1.93. The van der Waals surface area contributed by atoms with Crippen LogP contribution in [0.15, 0.2) is 24.3 Å². The molecule has 0 aliphatic carbocycles. The van der Waals surface area contributed by atoms with Crippen molar-refractivity contribution >= 4 is 6.03 Å². The Bertz CT molecular complexity index is 616. The standard InChI is InChI=1S/C19H26N4O/c1-21-19(24)23-10-7-15(8-11-23)18-6-9-22(14-18)13-17-5-3-2-4-16(17)12-20/h2-5,15,18H,6-11,13-14H2,1H3,(H,21,24). The van der Waals surface area contributed by atoms with Crippen molar-refractivity contribution in [2.45, 2.75) is 25.8 Å². The number of likely N-dealkylation sites (tertiary alicyclic amines) is 2. The Morgan fingerprint density at radius 2 is 1.92 bits per heavy atom. The van der Waals surface area contributed by atoms with Gasteiger partial charge in [-0.25, -0.2) is 4.79 Å². The number of piperidine rings is 1. The van der Waals surface area contributed by atoms with Crippen LogP contribution in [0.2, 0.25) is 0 Å². The molecule has 5 heteroatoms. The lowest BCUT2D eigenvalue weighted by Gasteiger charge is -2.34. The van der Waals surface area contributed by atoms with Crippen LogP contribution in [-0.4, -0.2) is 49.1 Å². The minimum absolute atomic E-state index is 0.0506. The fourth-order valence-electron chi connectivity index (χ4n) is 4.13. The first-order chi connectivity index (χ1) is 11.7. The van der Waals surface area contributed by atoms with E-state index in [0.717, 1.165) is 68.5 Å². The second kappa shape index (κ2) is 7.67. The molecule has 1 unspecified atom stereocenters. The van der Waals surface area contributed by atoms with E-state index in [9.17, 15) is 10.1 Å². The number of amides is 2. The van der Waals surface area contributed by atoms with Gasteiger partial charge >= 0.3 is 6.03 Å². The van der Waals surface area contributed by atoms with Gasteiger partial charge in [0, 0.05) is 33.2 Å². The Morgan fingerprint density at radius 3 is 2.62 bits per heavy atom. The highest BCUT2D eigenvalue weighted by Gasteiger charge is 2.32. The number of benzene rings is 1. The van der Waals surface area contributed by atoms with E-state index in [1.54, 1.807) is 7.05 Å². The number of nitrogens with one attached hydrogen (secondary N) is 1. The number of nitriles is 1. The summed E-state index contributed by atoms with van der Waals surface area (Å²) in [4.78, 5) is 16.1. The lowest BCUT2D eigenvalue weighted by atomic mass is 9.84. The SMILES string of the molecule is CNC(=O)N1CCC(C2CCN(Cc3ccccc3C#N)C2)CC1. The molecule has 2 heterocycles. The summed E-state index contributed by atoms with van der Waals surface area (Å²) in [5, 5.41) is 11.9. The van der Waals surface area contributed by atoms with Crippen molar-refractivity contribution < 1.29 is 4.79 Å². The zero-order valence-corrected chi connectivity index (χ0v) is 14.4.